The smallest absolute Gasteiger partial charge is 0.329 e. The molecule has 0 fully saturated rings. The zero-order chi connectivity index (χ0) is 19.4. The minimum absolute atomic E-state index is 0.0879. The fourth-order valence-corrected chi connectivity index (χ4v) is 2.50. The van der Waals surface area contributed by atoms with Crippen molar-refractivity contribution in [1.82, 2.24) is 5.32 Å². The summed E-state index contributed by atoms with van der Waals surface area (Å²) in [5.41, 5.74) is 0.341. The summed E-state index contributed by atoms with van der Waals surface area (Å²) < 4.78 is 20.5. The van der Waals surface area contributed by atoms with Crippen LogP contribution < -0.4 is 14.8 Å². The Morgan fingerprint density at radius 3 is 2.63 bits per heavy atom. The van der Waals surface area contributed by atoms with Gasteiger partial charge in [-0.05, 0) is 36.2 Å². The topological polar surface area (TPSA) is 104 Å². The molecule has 3 rings (SSSR count). The highest BCUT2D eigenvalue weighted by atomic mass is 16.7. The van der Waals surface area contributed by atoms with Gasteiger partial charge in [0.1, 0.15) is 6.04 Å². The van der Waals surface area contributed by atoms with E-state index in [4.69, 9.17) is 18.6 Å². The molecule has 2 heterocycles. The molecular weight excluding hydrogens is 354 g/mol. The Kier molecular flexibility index (Phi) is 5.44. The van der Waals surface area contributed by atoms with Crippen LogP contribution >= 0.6 is 0 Å². The summed E-state index contributed by atoms with van der Waals surface area (Å²) in [5.74, 6) is -0.734. The van der Waals surface area contributed by atoms with Crippen molar-refractivity contribution in [1.29, 1.82) is 0 Å². The molecule has 8 nitrogen and oxygen atoms in total. The van der Waals surface area contributed by atoms with Crippen molar-refractivity contribution in [2.75, 3.05) is 13.4 Å². The third kappa shape index (κ3) is 4.28. The van der Waals surface area contributed by atoms with Crippen LogP contribution in [0, 0.1) is 5.92 Å². The van der Waals surface area contributed by atoms with E-state index in [0.29, 0.717) is 17.1 Å². The quantitative estimate of drug-likeness (QED) is 0.586. The molecule has 1 atom stereocenters. The normalized spacial score (nSPS) is 13.3. The van der Waals surface area contributed by atoms with Gasteiger partial charge in [0.2, 0.25) is 6.79 Å². The largest absolute Gasteiger partial charge is 0.459 e. The lowest BCUT2D eigenvalue weighted by Gasteiger charge is -2.20. The number of furan rings is 1. The van der Waals surface area contributed by atoms with Crippen LogP contribution in [-0.4, -0.2) is 37.1 Å². The summed E-state index contributed by atoms with van der Waals surface area (Å²) in [6, 6.07) is 6.88. The Morgan fingerprint density at radius 2 is 1.93 bits per heavy atom. The van der Waals surface area contributed by atoms with Gasteiger partial charge in [-0.25, -0.2) is 4.79 Å². The molecule has 0 saturated heterocycles. The summed E-state index contributed by atoms with van der Waals surface area (Å²) in [6.45, 7) is 3.17. The number of nitrogens with one attached hydrogen (secondary N) is 1. The third-order valence-corrected chi connectivity index (χ3v) is 3.99. The molecule has 1 aromatic heterocycles. The van der Waals surface area contributed by atoms with E-state index in [1.165, 1.54) is 18.4 Å². The van der Waals surface area contributed by atoms with Crippen LogP contribution in [0.1, 0.15) is 34.8 Å². The Morgan fingerprint density at radius 1 is 1.15 bits per heavy atom. The van der Waals surface area contributed by atoms with Gasteiger partial charge in [0, 0.05) is 5.56 Å². The van der Waals surface area contributed by atoms with E-state index in [2.05, 4.69) is 5.32 Å². The number of hydrogen-bond acceptors (Lipinski definition) is 7. The number of hydrogen-bond donors (Lipinski definition) is 1. The van der Waals surface area contributed by atoms with E-state index in [9.17, 15) is 14.4 Å². The van der Waals surface area contributed by atoms with Gasteiger partial charge in [-0.1, -0.05) is 13.8 Å². The molecule has 0 aliphatic carbocycles. The molecule has 0 bridgehead atoms. The monoisotopic (exact) mass is 373 g/mol. The third-order valence-electron chi connectivity index (χ3n) is 3.99. The van der Waals surface area contributed by atoms with Crippen molar-refractivity contribution in [2.45, 2.75) is 19.9 Å². The molecule has 0 spiro atoms. The van der Waals surface area contributed by atoms with Crippen molar-refractivity contribution >= 4 is 17.7 Å². The SMILES string of the molecule is CC(C)[C@H](NC(=O)c1ccco1)C(=O)OCC(=O)c1ccc2c(c1)OCO2. The molecule has 2 aromatic rings. The summed E-state index contributed by atoms with van der Waals surface area (Å²) in [5, 5.41) is 2.56. The van der Waals surface area contributed by atoms with Gasteiger partial charge in [0.05, 0.1) is 6.26 Å². The van der Waals surface area contributed by atoms with E-state index >= 15 is 0 Å². The lowest BCUT2D eigenvalue weighted by Crippen LogP contribution is -2.45. The van der Waals surface area contributed by atoms with Crippen LogP contribution in [0.3, 0.4) is 0 Å². The highest BCUT2D eigenvalue weighted by Crippen LogP contribution is 2.32. The van der Waals surface area contributed by atoms with Crippen molar-refractivity contribution in [3.63, 3.8) is 0 Å². The number of esters is 1. The number of benzene rings is 1. The molecular formula is C19H19NO7. The zero-order valence-corrected chi connectivity index (χ0v) is 14.9. The van der Waals surface area contributed by atoms with Crippen molar-refractivity contribution < 1.29 is 33.0 Å². The average Bonchev–Trinajstić information content (AvgIpc) is 3.34. The number of fused-ring (bicyclic) bond motifs is 1. The standard InChI is InChI=1S/C19H19NO7/c1-11(2)17(20-18(22)15-4-3-7-24-15)19(23)25-9-13(21)12-5-6-14-16(8-12)27-10-26-14/h3-8,11,17H,9-10H2,1-2H3,(H,20,22)/t17-/m0/s1. The van der Waals surface area contributed by atoms with Gasteiger partial charge in [-0.2, -0.15) is 0 Å². The Labute approximate surface area is 155 Å². The van der Waals surface area contributed by atoms with Crippen molar-refractivity contribution in [2.24, 2.45) is 5.92 Å². The first-order valence-electron chi connectivity index (χ1n) is 8.39. The molecule has 0 saturated carbocycles. The van der Waals surface area contributed by atoms with E-state index in [1.807, 2.05) is 0 Å². The molecule has 27 heavy (non-hydrogen) atoms. The number of carbonyl (C=O) groups is 3. The Bertz CT molecular complexity index is 842. The zero-order valence-electron chi connectivity index (χ0n) is 14.9. The molecule has 0 unspecified atom stereocenters. The number of Topliss-reactive ketones (excluding diaryl/α,β-unsaturated/α-hetero) is 1. The number of rotatable bonds is 7. The summed E-state index contributed by atoms with van der Waals surface area (Å²) in [6.07, 6.45) is 1.36. The maximum atomic E-state index is 12.3. The predicted octanol–water partition coefficient (Wildman–Crippen LogP) is 2.19. The fourth-order valence-electron chi connectivity index (χ4n) is 2.50. The molecule has 142 valence electrons. The second-order valence-corrected chi connectivity index (χ2v) is 6.27. The second kappa shape index (κ2) is 7.94. The highest BCUT2D eigenvalue weighted by molar-refractivity contribution is 5.99. The first-order chi connectivity index (χ1) is 13.0. The van der Waals surface area contributed by atoms with E-state index in [1.54, 1.807) is 32.0 Å². The minimum atomic E-state index is -0.910. The van der Waals surface area contributed by atoms with Gasteiger partial charge in [-0.15, -0.1) is 0 Å². The van der Waals surface area contributed by atoms with Crippen molar-refractivity contribution in [3.05, 3.63) is 47.9 Å². The van der Waals surface area contributed by atoms with Gasteiger partial charge in [0.25, 0.3) is 5.91 Å². The van der Waals surface area contributed by atoms with Crippen LogP contribution in [0.4, 0.5) is 0 Å². The van der Waals surface area contributed by atoms with Crippen LogP contribution in [0.15, 0.2) is 41.0 Å². The molecule has 1 aliphatic heterocycles. The lowest BCUT2D eigenvalue weighted by molar-refractivity contribution is -0.145. The summed E-state index contributed by atoms with van der Waals surface area (Å²) in [4.78, 5) is 36.7. The van der Waals surface area contributed by atoms with Crippen LogP contribution in [0.5, 0.6) is 11.5 Å². The van der Waals surface area contributed by atoms with Gasteiger partial charge < -0.3 is 23.9 Å². The number of ether oxygens (including phenoxy) is 3. The maximum absolute atomic E-state index is 12.3. The van der Waals surface area contributed by atoms with Crippen LogP contribution in [0.25, 0.3) is 0 Å². The summed E-state index contributed by atoms with van der Waals surface area (Å²) >= 11 is 0. The first kappa shape index (κ1) is 18.5. The Balaban J connectivity index is 1.59. The lowest BCUT2D eigenvalue weighted by atomic mass is 10.0. The molecule has 8 heteroatoms. The Hall–Kier alpha value is -3.29. The van der Waals surface area contributed by atoms with Gasteiger partial charge in [-0.3, -0.25) is 9.59 Å². The molecule has 0 radical (unpaired) electrons. The number of ketones is 1. The van der Waals surface area contributed by atoms with Crippen LogP contribution in [0.2, 0.25) is 0 Å². The second-order valence-electron chi connectivity index (χ2n) is 6.27. The number of carbonyl (C=O) groups excluding carboxylic acids is 3. The fraction of sp³-hybridized carbons (Fsp3) is 0.316. The summed E-state index contributed by atoms with van der Waals surface area (Å²) in [7, 11) is 0. The predicted molar refractivity (Wildman–Crippen MR) is 92.7 cm³/mol. The van der Waals surface area contributed by atoms with E-state index in [-0.39, 0.29) is 24.3 Å². The maximum Gasteiger partial charge on any atom is 0.329 e. The molecule has 1 N–H and O–H groups in total. The molecule has 1 aliphatic rings. The van der Waals surface area contributed by atoms with Gasteiger partial charge in [0.15, 0.2) is 29.6 Å². The number of amides is 1. The minimum Gasteiger partial charge on any atom is -0.459 e. The van der Waals surface area contributed by atoms with Crippen molar-refractivity contribution in [3.8, 4) is 11.5 Å². The average molecular weight is 373 g/mol. The molecule has 1 amide bonds. The first-order valence-corrected chi connectivity index (χ1v) is 8.39. The van der Waals surface area contributed by atoms with Gasteiger partial charge >= 0.3 is 5.97 Å². The molecule has 1 aromatic carbocycles. The van der Waals surface area contributed by atoms with E-state index in [0.717, 1.165) is 0 Å². The van der Waals surface area contributed by atoms with E-state index < -0.39 is 24.5 Å². The highest BCUT2D eigenvalue weighted by Gasteiger charge is 2.28. The van der Waals surface area contributed by atoms with Crippen LogP contribution in [-0.2, 0) is 9.53 Å².